The van der Waals surface area contributed by atoms with Crippen LogP contribution in [0.25, 0.3) is 22.2 Å². The minimum absolute atomic E-state index is 0.204. The van der Waals surface area contributed by atoms with E-state index in [1.165, 1.54) is 0 Å². The van der Waals surface area contributed by atoms with Gasteiger partial charge in [0.25, 0.3) is 0 Å². The molecular weight excluding hydrogens is 298 g/mol. The monoisotopic (exact) mass is 313 g/mol. The molecule has 0 aliphatic rings. The van der Waals surface area contributed by atoms with E-state index in [1.54, 1.807) is 12.1 Å². The maximum Gasteiger partial charge on any atom is 0.336 e. The van der Waals surface area contributed by atoms with E-state index < -0.39 is 5.97 Å². The predicted octanol–water partition coefficient (Wildman–Crippen LogP) is 5.24. The fraction of sp³-hybridized carbons (Fsp3) is 0.167. The predicted molar refractivity (Wildman–Crippen MR) is 89.7 cm³/mol. The van der Waals surface area contributed by atoms with Crippen molar-refractivity contribution in [2.24, 2.45) is 0 Å². The molecule has 3 aromatic rings. The largest absolute Gasteiger partial charge is 0.478 e. The van der Waals surface area contributed by atoms with Gasteiger partial charge in [0, 0.05) is 27.5 Å². The molecule has 0 saturated carbocycles. The van der Waals surface area contributed by atoms with E-state index in [9.17, 15) is 9.90 Å². The lowest BCUT2D eigenvalue weighted by Gasteiger charge is -2.16. The lowest BCUT2D eigenvalue weighted by Crippen LogP contribution is -2.06. The van der Waals surface area contributed by atoms with Crippen LogP contribution in [-0.2, 0) is 0 Å². The molecule has 0 unspecified atom stereocenters. The zero-order valence-corrected chi connectivity index (χ0v) is 13.1. The molecule has 1 N–H and O–H groups in total. The first-order valence-corrected chi connectivity index (χ1v) is 7.50. The van der Waals surface area contributed by atoms with Gasteiger partial charge in [-0.15, -0.1) is 0 Å². The summed E-state index contributed by atoms with van der Waals surface area (Å²) in [5.74, 6) is -0.922. The topological polar surface area (TPSA) is 42.2 Å². The highest BCUT2D eigenvalue weighted by Gasteiger charge is 2.18. The third kappa shape index (κ3) is 2.38. The smallest absolute Gasteiger partial charge is 0.336 e. The van der Waals surface area contributed by atoms with Gasteiger partial charge >= 0.3 is 5.97 Å². The summed E-state index contributed by atoms with van der Waals surface area (Å²) < 4.78 is 2.15. The van der Waals surface area contributed by atoms with Gasteiger partial charge < -0.3 is 9.67 Å². The van der Waals surface area contributed by atoms with Crippen molar-refractivity contribution in [2.75, 3.05) is 0 Å². The summed E-state index contributed by atoms with van der Waals surface area (Å²) in [6.45, 7) is 4.17. The Labute approximate surface area is 133 Å². The minimum Gasteiger partial charge on any atom is -0.478 e. The van der Waals surface area contributed by atoms with Crippen molar-refractivity contribution in [2.45, 2.75) is 19.9 Å². The van der Waals surface area contributed by atoms with E-state index in [0.29, 0.717) is 10.6 Å². The van der Waals surface area contributed by atoms with Crippen LogP contribution >= 0.6 is 11.6 Å². The fourth-order valence-electron chi connectivity index (χ4n) is 2.86. The van der Waals surface area contributed by atoms with E-state index >= 15 is 0 Å². The van der Waals surface area contributed by atoms with E-state index in [4.69, 9.17) is 11.6 Å². The van der Waals surface area contributed by atoms with Crippen molar-refractivity contribution < 1.29 is 9.90 Å². The summed E-state index contributed by atoms with van der Waals surface area (Å²) in [4.78, 5) is 11.5. The molecule has 2 aromatic carbocycles. The minimum atomic E-state index is -0.922. The molecule has 0 saturated heterocycles. The van der Waals surface area contributed by atoms with Gasteiger partial charge in [-0.25, -0.2) is 4.79 Å². The average Bonchev–Trinajstić information content (AvgIpc) is 2.85. The molecule has 0 fully saturated rings. The number of aromatic carboxylic acids is 1. The zero-order chi connectivity index (χ0) is 15.9. The Bertz CT molecular complexity index is 865. The molecule has 0 bridgehead atoms. The molecule has 3 rings (SSSR count). The number of rotatable bonds is 3. The Morgan fingerprint density at radius 3 is 2.55 bits per heavy atom. The highest BCUT2D eigenvalue weighted by atomic mass is 35.5. The molecule has 0 spiro atoms. The van der Waals surface area contributed by atoms with Crippen LogP contribution in [0.5, 0.6) is 0 Å². The first kappa shape index (κ1) is 14.7. The molecule has 22 heavy (non-hydrogen) atoms. The van der Waals surface area contributed by atoms with Gasteiger partial charge in [0.05, 0.1) is 11.3 Å². The van der Waals surface area contributed by atoms with Gasteiger partial charge in [-0.1, -0.05) is 29.8 Å². The Balaban J connectivity index is 2.36. The molecular formula is C18H16ClNO2. The van der Waals surface area contributed by atoms with E-state index in [0.717, 1.165) is 22.2 Å². The molecule has 0 amide bonds. The van der Waals surface area contributed by atoms with E-state index in [2.05, 4.69) is 18.4 Å². The third-order valence-electron chi connectivity index (χ3n) is 3.75. The number of carbonyl (C=O) groups is 1. The summed E-state index contributed by atoms with van der Waals surface area (Å²) in [6, 6.07) is 15.0. The van der Waals surface area contributed by atoms with Gasteiger partial charge in [0.2, 0.25) is 0 Å². The van der Waals surface area contributed by atoms with Crippen molar-refractivity contribution in [3.05, 3.63) is 59.1 Å². The van der Waals surface area contributed by atoms with Gasteiger partial charge in [-0.05, 0) is 44.2 Å². The number of halogens is 1. The number of carboxylic acid groups (broad SMARTS) is 1. The van der Waals surface area contributed by atoms with Crippen molar-refractivity contribution in [1.29, 1.82) is 0 Å². The summed E-state index contributed by atoms with van der Waals surface area (Å²) in [7, 11) is 0. The van der Waals surface area contributed by atoms with Crippen molar-refractivity contribution >= 4 is 28.5 Å². The lowest BCUT2D eigenvalue weighted by atomic mass is 10.0. The van der Waals surface area contributed by atoms with Gasteiger partial charge in [0.15, 0.2) is 0 Å². The maximum atomic E-state index is 11.5. The summed E-state index contributed by atoms with van der Waals surface area (Å²) >= 11 is 6.08. The number of hydrogen-bond donors (Lipinski definition) is 1. The second kappa shape index (κ2) is 5.50. The molecule has 1 aromatic heterocycles. The summed E-state index contributed by atoms with van der Waals surface area (Å²) in [5, 5.41) is 11.1. The van der Waals surface area contributed by atoms with Crippen LogP contribution in [0.4, 0.5) is 0 Å². The van der Waals surface area contributed by atoms with Crippen molar-refractivity contribution in [3.63, 3.8) is 0 Å². The Morgan fingerprint density at radius 1 is 1.14 bits per heavy atom. The highest BCUT2D eigenvalue weighted by molar-refractivity contribution is 6.31. The maximum absolute atomic E-state index is 11.5. The van der Waals surface area contributed by atoms with Crippen LogP contribution in [0.3, 0.4) is 0 Å². The van der Waals surface area contributed by atoms with Crippen LogP contribution < -0.4 is 0 Å². The SMILES string of the molecule is CC(C)n1c(-c2ccccc2C(=O)O)cc2cc(Cl)ccc21. The van der Waals surface area contributed by atoms with Crippen LogP contribution in [-0.4, -0.2) is 15.6 Å². The van der Waals surface area contributed by atoms with Gasteiger partial charge in [-0.3, -0.25) is 0 Å². The molecule has 112 valence electrons. The molecule has 0 atom stereocenters. The molecule has 1 heterocycles. The summed E-state index contributed by atoms with van der Waals surface area (Å²) in [5.41, 5.74) is 2.97. The Morgan fingerprint density at radius 2 is 1.86 bits per heavy atom. The Hall–Kier alpha value is -2.26. The zero-order valence-electron chi connectivity index (χ0n) is 12.4. The number of fused-ring (bicyclic) bond motifs is 1. The fourth-order valence-corrected chi connectivity index (χ4v) is 3.04. The normalized spacial score (nSPS) is 11.3. The van der Waals surface area contributed by atoms with Gasteiger partial charge in [-0.2, -0.15) is 0 Å². The Kier molecular flexibility index (Phi) is 3.67. The number of benzene rings is 2. The number of hydrogen-bond acceptors (Lipinski definition) is 1. The van der Waals surface area contributed by atoms with Crippen molar-refractivity contribution in [3.8, 4) is 11.3 Å². The highest BCUT2D eigenvalue weighted by Crippen LogP contribution is 2.34. The number of carboxylic acids is 1. The number of nitrogens with zero attached hydrogens (tertiary/aromatic N) is 1. The lowest BCUT2D eigenvalue weighted by molar-refractivity contribution is 0.0697. The second-order valence-electron chi connectivity index (χ2n) is 5.55. The quantitative estimate of drug-likeness (QED) is 0.718. The first-order valence-electron chi connectivity index (χ1n) is 7.12. The molecule has 0 aliphatic heterocycles. The van der Waals surface area contributed by atoms with E-state index in [1.807, 2.05) is 36.4 Å². The standard InChI is InChI=1S/C18H16ClNO2/c1-11(2)20-16-8-7-13(19)9-12(16)10-17(20)14-5-3-4-6-15(14)18(21)22/h3-11H,1-2H3,(H,21,22). The second-order valence-corrected chi connectivity index (χ2v) is 5.98. The number of aromatic nitrogens is 1. The third-order valence-corrected chi connectivity index (χ3v) is 3.99. The van der Waals surface area contributed by atoms with Crippen LogP contribution in [0.1, 0.15) is 30.2 Å². The molecule has 0 aliphatic carbocycles. The van der Waals surface area contributed by atoms with Crippen LogP contribution in [0, 0.1) is 0 Å². The van der Waals surface area contributed by atoms with Crippen LogP contribution in [0.2, 0.25) is 5.02 Å². The average molecular weight is 314 g/mol. The molecule has 0 radical (unpaired) electrons. The first-order chi connectivity index (χ1) is 10.5. The molecule has 3 nitrogen and oxygen atoms in total. The molecule has 4 heteroatoms. The van der Waals surface area contributed by atoms with Crippen molar-refractivity contribution in [1.82, 2.24) is 4.57 Å². The van der Waals surface area contributed by atoms with Crippen LogP contribution in [0.15, 0.2) is 48.5 Å². The summed E-state index contributed by atoms with van der Waals surface area (Å²) in [6.07, 6.45) is 0. The van der Waals surface area contributed by atoms with E-state index in [-0.39, 0.29) is 6.04 Å². The van der Waals surface area contributed by atoms with Gasteiger partial charge in [0.1, 0.15) is 0 Å².